The number of aliphatic hydroxyl groups is 1. The second kappa shape index (κ2) is 7.84. The van der Waals surface area contributed by atoms with Crippen LogP contribution in [0.2, 0.25) is 0 Å². The van der Waals surface area contributed by atoms with Gasteiger partial charge in [0.2, 0.25) is 5.95 Å². The van der Waals surface area contributed by atoms with Gasteiger partial charge in [-0.1, -0.05) is 24.3 Å². The minimum Gasteiger partial charge on any atom is -0.492 e. The van der Waals surface area contributed by atoms with Gasteiger partial charge in [-0.25, -0.2) is 4.98 Å². The van der Waals surface area contributed by atoms with Crippen LogP contribution in [0.3, 0.4) is 0 Å². The molecule has 5 nitrogen and oxygen atoms in total. The number of hydrogen-bond donors (Lipinski definition) is 2. The van der Waals surface area contributed by atoms with Gasteiger partial charge in [0.1, 0.15) is 12.4 Å². The van der Waals surface area contributed by atoms with Crippen LogP contribution in [-0.2, 0) is 6.54 Å². The van der Waals surface area contributed by atoms with Crippen LogP contribution in [0.25, 0.3) is 11.0 Å². The van der Waals surface area contributed by atoms with Crippen molar-refractivity contribution >= 4 is 17.0 Å². The molecule has 0 amide bonds. The van der Waals surface area contributed by atoms with Crippen LogP contribution in [0.15, 0.2) is 48.5 Å². The molecule has 0 radical (unpaired) electrons. The first-order valence-electron chi connectivity index (χ1n) is 8.27. The number of ether oxygens (including phenoxy) is 1. The molecule has 0 aliphatic rings. The molecular formula is C19H23N3O2. The Kier molecular flexibility index (Phi) is 5.33. The number of nitrogens with one attached hydrogen (secondary N) is 1. The number of fused-ring (bicyclic) bond motifs is 1. The Morgan fingerprint density at radius 3 is 2.88 bits per heavy atom. The van der Waals surface area contributed by atoms with Crippen molar-refractivity contribution in [2.45, 2.75) is 19.9 Å². The molecular weight excluding hydrogens is 302 g/mol. The Morgan fingerprint density at radius 1 is 1.17 bits per heavy atom. The Balaban J connectivity index is 1.72. The first-order valence-corrected chi connectivity index (χ1v) is 8.27. The van der Waals surface area contributed by atoms with Gasteiger partial charge in [-0.3, -0.25) is 0 Å². The fourth-order valence-corrected chi connectivity index (χ4v) is 2.68. The number of aryl methyl sites for hydroxylation is 1. The summed E-state index contributed by atoms with van der Waals surface area (Å²) in [7, 11) is 0. The fourth-order valence-electron chi connectivity index (χ4n) is 2.68. The van der Waals surface area contributed by atoms with E-state index in [4.69, 9.17) is 9.84 Å². The Bertz CT molecular complexity index is 798. The molecule has 0 unspecified atom stereocenters. The molecule has 0 bridgehead atoms. The highest BCUT2D eigenvalue weighted by atomic mass is 16.5. The van der Waals surface area contributed by atoms with E-state index < -0.39 is 0 Å². The van der Waals surface area contributed by atoms with Crippen LogP contribution >= 0.6 is 0 Å². The maximum Gasteiger partial charge on any atom is 0.204 e. The summed E-state index contributed by atoms with van der Waals surface area (Å²) >= 11 is 0. The van der Waals surface area contributed by atoms with Crippen molar-refractivity contribution in [1.82, 2.24) is 9.55 Å². The van der Waals surface area contributed by atoms with Crippen LogP contribution in [0.4, 0.5) is 5.95 Å². The van der Waals surface area contributed by atoms with E-state index in [2.05, 4.69) is 33.9 Å². The van der Waals surface area contributed by atoms with Crippen molar-refractivity contribution in [3.63, 3.8) is 0 Å². The maximum atomic E-state index is 8.96. The number of imidazole rings is 1. The summed E-state index contributed by atoms with van der Waals surface area (Å²) in [6, 6.07) is 16.1. The Hall–Kier alpha value is -2.53. The largest absolute Gasteiger partial charge is 0.492 e. The second-order valence-electron chi connectivity index (χ2n) is 5.74. The molecule has 0 fully saturated rings. The number of para-hydroxylation sites is 2. The molecule has 0 aliphatic carbocycles. The molecule has 0 spiro atoms. The highest BCUT2D eigenvalue weighted by Gasteiger charge is 2.10. The maximum absolute atomic E-state index is 8.96. The lowest BCUT2D eigenvalue weighted by molar-refractivity contribution is 0.292. The van der Waals surface area contributed by atoms with E-state index in [1.165, 1.54) is 5.56 Å². The number of benzene rings is 2. The monoisotopic (exact) mass is 325 g/mol. The predicted octanol–water partition coefficient (Wildman–Crippen LogP) is 3.22. The summed E-state index contributed by atoms with van der Waals surface area (Å²) in [5.74, 6) is 1.70. The number of anilines is 1. The molecule has 0 aliphatic heterocycles. The Morgan fingerprint density at radius 2 is 2.04 bits per heavy atom. The van der Waals surface area contributed by atoms with E-state index in [9.17, 15) is 0 Å². The summed E-state index contributed by atoms with van der Waals surface area (Å²) in [6.07, 6.45) is 0.697. The van der Waals surface area contributed by atoms with Gasteiger partial charge in [-0.15, -0.1) is 0 Å². The van der Waals surface area contributed by atoms with Crippen molar-refractivity contribution in [1.29, 1.82) is 0 Å². The van der Waals surface area contributed by atoms with Crippen molar-refractivity contribution in [3.8, 4) is 5.75 Å². The zero-order chi connectivity index (χ0) is 16.8. The van der Waals surface area contributed by atoms with Crippen LogP contribution in [0.5, 0.6) is 5.75 Å². The summed E-state index contributed by atoms with van der Waals surface area (Å²) in [5, 5.41) is 12.3. The number of aromatic nitrogens is 2. The van der Waals surface area contributed by atoms with Crippen LogP contribution in [-0.4, -0.2) is 34.4 Å². The van der Waals surface area contributed by atoms with E-state index in [0.29, 0.717) is 26.1 Å². The molecule has 24 heavy (non-hydrogen) atoms. The summed E-state index contributed by atoms with van der Waals surface area (Å²) in [5.41, 5.74) is 3.23. The molecule has 2 N–H and O–H groups in total. The van der Waals surface area contributed by atoms with Gasteiger partial charge in [-0.05, 0) is 43.2 Å². The van der Waals surface area contributed by atoms with Crippen molar-refractivity contribution in [2.75, 3.05) is 25.1 Å². The first-order chi connectivity index (χ1) is 11.8. The van der Waals surface area contributed by atoms with E-state index >= 15 is 0 Å². The third kappa shape index (κ3) is 3.86. The van der Waals surface area contributed by atoms with Crippen LogP contribution in [0.1, 0.15) is 12.0 Å². The second-order valence-corrected chi connectivity index (χ2v) is 5.74. The van der Waals surface area contributed by atoms with Gasteiger partial charge >= 0.3 is 0 Å². The molecule has 0 atom stereocenters. The molecule has 0 saturated heterocycles. The van der Waals surface area contributed by atoms with Crippen LogP contribution < -0.4 is 10.1 Å². The molecule has 126 valence electrons. The molecule has 2 aromatic carbocycles. The van der Waals surface area contributed by atoms with Crippen molar-refractivity contribution in [3.05, 3.63) is 54.1 Å². The van der Waals surface area contributed by atoms with Gasteiger partial charge in [0, 0.05) is 13.2 Å². The van der Waals surface area contributed by atoms with E-state index in [-0.39, 0.29) is 6.61 Å². The highest BCUT2D eigenvalue weighted by molar-refractivity contribution is 5.78. The van der Waals surface area contributed by atoms with Crippen LogP contribution in [0, 0.1) is 6.92 Å². The molecule has 0 saturated carbocycles. The third-order valence-electron chi connectivity index (χ3n) is 3.85. The van der Waals surface area contributed by atoms with Gasteiger partial charge in [0.05, 0.1) is 17.6 Å². The Labute approximate surface area is 141 Å². The summed E-state index contributed by atoms with van der Waals surface area (Å²) < 4.78 is 8.00. The van der Waals surface area contributed by atoms with E-state index in [0.717, 1.165) is 22.7 Å². The van der Waals surface area contributed by atoms with Gasteiger partial charge in [0.25, 0.3) is 0 Å². The van der Waals surface area contributed by atoms with E-state index in [1.807, 2.05) is 36.4 Å². The highest BCUT2D eigenvalue weighted by Crippen LogP contribution is 2.20. The number of aliphatic hydroxyl groups excluding tert-OH is 1. The number of rotatable bonds is 8. The third-order valence-corrected chi connectivity index (χ3v) is 3.85. The van der Waals surface area contributed by atoms with E-state index in [1.54, 1.807) is 0 Å². The van der Waals surface area contributed by atoms with Gasteiger partial charge < -0.3 is 19.7 Å². The molecule has 1 aromatic heterocycles. The normalized spacial score (nSPS) is 10.9. The number of nitrogens with zero attached hydrogens (tertiary/aromatic N) is 2. The topological polar surface area (TPSA) is 59.3 Å². The van der Waals surface area contributed by atoms with Gasteiger partial charge in [0.15, 0.2) is 0 Å². The average Bonchev–Trinajstić information content (AvgIpc) is 2.93. The number of hydrogen-bond acceptors (Lipinski definition) is 4. The minimum atomic E-state index is 0.170. The lowest BCUT2D eigenvalue weighted by atomic mass is 10.2. The first kappa shape index (κ1) is 16.3. The van der Waals surface area contributed by atoms with Crippen molar-refractivity contribution < 1.29 is 9.84 Å². The SMILES string of the molecule is Cc1cccc(OCCn2c(NCCCO)nc3ccccc32)c1. The standard InChI is InChI=1S/C19H23N3O2/c1-15-6-4-7-16(14-15)24-13-11-22-18-9-3-2-8-17(18)21-19(22)20-10-5-12-23/h2-4,6-9,14,23H,5,10-13H2,1H3,(H,20,21). The van der Waals surface area contributed by atoms with Gasteiger partial charge in [-0.2, -0.15) is 0 Å². The lowest BCUT2D eigenvalue weighted by Gasteiger charge is -2.12. The summed E-state index contributed by atoms with van der Waals surface area (Å²) in [4.78, 5) is 4.64. The molecule has 3 aromatic rings. The average molecular weight is 325 g/mol. The molecule has 1 heterocycles. The molecule has 5 heteroatoms. The summed E-state index contributed by atoms with van der Waals surface area (Å²) in [6.45, 7) is 4.19. The molecule has 3 rings (SSSR count). The van der Waals surface area contributed by atoms with Crippen molar-refractivity contribution in [2.24, 2.45) is 0 Å². The zero-order valence-corrected chi connectivity index (χ0v) is 13.9. The fraction of sp³-hybridized carbons (Fsp3) is 0.316. The lowest BCUT2D eigenvalue weighted by Crippen LogP contribution is -2.13. The quantitative estimate of drug-likeness (QED) is 0.624. The minimum absolute atomic E-state index is 0.170. The zero-order valence-electron chi connectivity index (χ0n) is 13.9. The predicted molar refractivity (Wildman–Crippen MR) is 96.6 cm³/mol. The smallest absolute Gasteiger partial charge is 0.204 e.